The van der Waals surface area contributed by atoms with Crippen molar-refractivity contribution < 1.29 is 9.13 Å². The third kappa shape index (κ3) is 3.41. The molecule has 1 aromatic carbocycles. The molecule has 0 aliphatic carbocycles. The summed E-state index contributed by atoms with van der Waals surface area (Å²) in [7, 11) is 0. The Balaban J connectivity index is 1.93. The van der Waals surface area contributed by atoms with Gasteiger partial charge in [0.2, 0.25) is 0 Å². The highest BCUT2D eigenvalue weighted by Gasteiger charge is 2.30. The molecule has 1 aromatic rings. The van der Waals surface area contributed by atoms with Crippen molar-refractivity contribution >= 4 is 11.6 Å². The van der Waals surface area contributed by atoms with Crippen LogP contribution in [0.1, 0.15) is 18.4 Å². The van der Waals surface area contributed by atoms with Gasteiger partial charge in [-0.25, -0.2) is 4.39 Å². The normalized spacial score (nSPS) is 19.2. The lowest BCUT2D eigenvalue weighted by atomic mass is 9.92. The van der Waals surface area contributed by atoms with Gasteiger partial charge < -0.3 is 10.1 Å². The summed E-state index contributed by atoms with van der Waals surface area (Å²) in [4.78, 5) is 0. The molecule has 0 radical (unpaired) electrons. The van der Waals surface area contributed by atoms with Crippen molar-refractivity contribution in [2.45, 2.75) is 24.9 Å². The highest BCUT2D eigenvalue weighted by Crippen LogP contribution is 2.22. The molecule has 2 rings (SSSR count). The summed E-state index contributed by atoms with van der Waals surface area (Å²) >= 11 is 6.05. The lowest BCUT2D eigenvalue weighted by molar-refractivity contribution is 0.0459. The predicted octanol–water partition coefficient (Wildman–Crippen LogP) is 2.70. The minimum atomic E-state index is -0.202. The SMILES string of the molecule is Fc1ccc(CNC2(CCl)CCOCC2)cc1. The van der Waals surface area contributed by atoms with Crippen LogP contribution >= 0.6 is 11.6 Å². The monoisotopic (exact) mass is 257 g/mol. The third-order valence-corrected chi connectivity index (χ3v) is 3.80. The van der Waals surface area contributed by atoms with Gasteiger partial charge in [-0.1, -0.05) is 12.1 Å². The van der Waals surface area contributed by atoms with Crippen LogP contribution in [0.5, 0.6) is 0 Å². The third-order valence-electron chi connectivity index (χ3n) is 3.29. The Morgan fingerprint density at radius 3 is 2.47 bits per heavy atom. The molecule has 0 bridgehead atoms. The summed E-state index contributed by atoms with van der Waals surface area (Å²) in [5, 5.41) is 3.49. The molecular weight excluding hydrogens is 241 g/mol. The van der Waals surface area contributed by atoms with Gasteiger partial charge in [0.05, 0.1) is 0 Å². The van der Waals surface area contributed by atoms with Crippen molar-refractivity contribution in [1.82, 2.24) is 5.32 Å². The van der Waals surface area contributed by atoms with Crippen molar-refractivity contribution in [3.8, 4) is 0 Å². The molecule has 1 fully saturated rings. The van der Waals surface area contributed by atoms with Gasteiger partial charge >= 0.3 is 0 Å². The van der Waals surface area contributed by atoms with Crippen LogP contribution in [0.3, 0.4) is 0 Å². The first-order valence-electron chi connectivity index (χ1n) is 5.87. The molecule has 0 saturated carbocycles. The topological polar surface area (TPSA) is 21.3 Å². The van der Waals surface area contributed by atoms with Crippen LogP contribution in [0.15, 0.2) is 24.3 Å². The molecule has 0 atom stereocenters. The zero-order valence-corrected chi connectivity index (χ0v) is 10.5. The summed E-state index contributed by atoms with van der Waals surface area (Å²) < 4.78 is 18.1. The molecule has 2 nitrogen and oxygen atoms in total. The van der Waals surface area contributed by atoms with Gasteiger partial charge in [0.25, 0.3) is 0 Å². The van der Waals surface area contributed by atoms with E-state index in [0.29, 0.717) is 12.4 Å². The van der Waals surface area contributed by atoms with E-state index < -0.39 is 0 Å². The quantitative estimate of drug-likeness (QED) is 0.838. The summed E-state index contributed by atoms with van der Waals surface area (Å²) in [6, 6.07) is 6.55. The fourth-order valence-corrected chi connectivity index (χ4v) is 2.37. The van der Waals surface area contributed by atoms with E-state index in [2.05, 4.69) is 5.32 Å². The van der Waals surface area contributed by atoms with Gasteiger partial charge in [-0.05, 0) is 30.5 Å². The van der Waals surface area contributed by atoms with Crippen molar-refractivity contribution in [2.24, 2.45) is 0 Å². The highest BCUT2D eigenvalue weighted by molar-refractivity contribution is 6.18. The smallest absolute Gasteiger partial charge is 0.123 e. The van der Waals surface area contributed by atoms with Gasteiger partial charge in [-0.2, -0.15) is 0 Å². The second-order valence-corrected chi connectivity index (χ2v) is 4.77. The molecule has 1 N–H and O–H groups in total. The molecule has 1 heterocycles. The van der Waals surface area contributed by atoms with Crippen molar-refractivity contribution in [3.63, 3.8) is 0 Å². The van der Waals surface area contributed by atoms with E-state index in [1.54, 1.807) is 12.1 Å². The highest BCUT2D eigenvalue weighted by atomic mass is 35.5. The van der Waals surface area contributed by atoms with Crippen LogP contribution in [-0.4, -0.2) is 24.6 Å². The van der Waals surface area contributed by atoms with E-state index in [1.807, 2.05) is 0 Å². The average Bonchev–Trinajstić information content (AvgIpc) is 2.39. The van der Waals surface area contributed by atoms with Gasteiger partial charge in [-0.15, -0.1) is 11.6 Å². The van der Waals surface area contributed by atoms with Gasteiger partial charge in [0, 0.05) is 31.2 Å². The van der Waals surface area contributed by atoms with Crippen LogP contribution in [0.25, 0.3) is 0 Å². The summed E-state index contributed by atoms with van der Waals surface area (Å²) in [6.45, 7) is 2.22. The Bertz CT molecular complexity index is 349. The van der Waals surface area contributed by atoms with Crippen LogP contribution in [0.2, 0.25) is 0 Å². The van der Waals surface area contributed by atoms with Gasteiger partial charge in [0.1, 0.15) is 5.82 Å². The molecule has 1 aliphatic rings. The van der Waals surface area contributed by atoms with Crippen molar-refractivity contribution in [1.29, 1.82) is 0 Å². The Labute approximate surface area is 106 Å². The van der Waals surface area contributed by atoms with Crippen LogP contribution < -0.4 is 5.32 Å². The molecule has 0 amide bonds. The maximum absolute atomic E-state index is 12.8. The van der Waals surface area contributed by atoms with E-state index >= 15 is 0 Å². The van der Waals surface area contributed by atoms with Crippen molar-refractivity contribution in [3.05, 3.63) is 35.6 Å². The molecule has 1 saturated heterocycles. The first-order valence-corrected chi connectivity index (χ1v) is 6.41. The van der Waals surface area contributed by atoms with Gasteiger partial charge in [0.15, 0.2) is 0 Å². The Hall–Kier alpha value is -0.640. The number of hydrogen-bond donors (Lipinski definition) is 1. The van der Waals surface area contributed by atoms with Crippen LogP contribution in [-0.2, 0) is 11.3 Å². The number of hydrogen-bond acceptors (Lipinski definition) is 2. The lowest BCUT2D eigenvalue weighted by Gasteiger charge is -2.36. The van der Waals surface area contributed by atoms with Crippen molar-refractivity contribution in [2.75, 3.05) is 19.1 Å². The number of halogens is 2. The maximum atomic E-state index is 12.8. The molecule has 17 heavy (non-hydrogen) atoms. The Kier molecular flexibility index (Phi) is 4.37. The number of ether oxygens (including phenoxy) is 1. The van der Waals surface area contributed by atoms with Crippen LogP contribution in [0.4, 0.5) is 4.39 Å². The van der Waals surface area contributed by atoms with E-state index in [4.69, 9.17) is 16.3 Å². The standard InChI is InChI=1S/C13H17ClFNO/c14-10-13(5-7-17-8-6-13)16-9-11-1-3-12(15)4-2-11/h1-4,16H,5-10H2. The number of benzene rings is 1. The van der Waals surface area contributed by atoms with E-state index in [9.17, 15) is 4.39 Å². The first kappa shape index (κ1) is 12.8. The number of alkyl halides is 1. The summed E-state index contributed by atoms with van der Waals surface area (Å²) in [5.74, 6) is 0.379. The number of rotatable bonds is 4. The Morgan fingerprint density at radius 2 is 1.88 bits per heavy atom. The predicted molar refractivity (Wildman–Crippen MR) is 66.7 cm³/mol. The minimum absolute atomic E-state index is 0.0335. The van der Waals surface area contributed by atoms with E-state index in [0.717, 1.165) is 31.6 Å². The molecule has 94 valence electrons. The zero-order valence-electron chi connectivity index (χ0n) is 9.72. The lowest BCUT2D eigenvalue weighted by Crippen LogP contribution is -2.50. The minimum Gasteiger partial charge on any atom is -0.381 e. The molecule has 1 aliphatic heterocycles. The molecular formula is C13H17ClFNO. The zero-order chi connectivity index (χ0) is 12.1. The Morgan fingerprint density at radius 1 is 1.24 bits per heavy atom. The average molecular weight is 258 g/mol. The van der Waals surface area contributed by atoms with E-state index in [-0.39, 0.29) is 11.4 Å². The second-order valence-electron chi connectivity index (χ2n) is 4.51. The van der Waals surface area contributed by atoms with E-state index in [1.165, 1.54) is 12.1 Å². The van der Waals surface area contributed by atoms with Gasteiger partial charge in [-0.3, -0.25) is 0 Å². The maximum Gasteiger partial charge on any atom is 0.123 e. The fourth-order valence-electron chi connectivity index (χ4n) is 2.01. The molecule has 0 unspecified atom stereocenters. The second kappa shape index (κ2) is 5.80. The molecule has 4 heteroatoms. The molecule has 0 spiro atoms. The molecule has 0 aromatic heterocycles. The summed E-state index contributed by atoms with van der Waals surface area (Å²) in [5.41, 5.74) is 1.04. The largest absolute Gasteiger partial charge is 0.381 e. The van der Waals surface area contributed by atoms with Crippen LogP contribution in [0, 0.1) is 5.82 Å². The fraction of sp³-hybridized carbons (Fsp3) is 0.538. The first-order chi connectivity index (χ1) is 8.24. The summed E-state index contributed by atoms with van der Waals surface area (Å²) in [6.07, 6.45) is 1.86. The number of nitrogens with one attached hydrogen (secondary N) is 1.